The predicted octanol–water partition coefficient (Wildman–Crippen LogP) is 3.84. The van der Waals surface area contributed by atoms with Gasteiger partial charge in [0, 0.05) is 17.4 Å². The quantitative estimate of drug-likeness (QED) is 0.775. The molecule has 2 aliphatic rings. The van der Waals surface area contributed by atoms with E-state index in [0.29, 0.717) is 5.78 Å². The van der Waals surface area contributed by atoms with Crippen molar-refractivity contribution in [3.05, 3.63) is 21.9 Å². The van der Waals surface area contributed by atoms with Gasteiger partial charge in [-0.15, -0.1) is 11.3 Å². The minimum absolute atomic E-state index is 0.0728. The number of thiophene rings is 1. The number of ether oxygens (including phenoxy) is 1. The maximum absolute atomic E-state index is 12.5. The molecule has 1 aliphatic carbocycles. The molecule has 1 aliphatic heterocycles. The Bertz CT molecular complexity index is 445. The van der Waals surface area contributed by atoms with Gasteiger partial charge in [-0.25, -0.2) is 0 Å². The monoisotopic (exact) mass is 264 g/mol. The van der Waals surface area contributed by atoms with Crippen LogP contribution in [0.5, 0.6) is 0 Å². The molecule has 2 heterocycles. The maximum Gasteiger partial charge on any atom is 0.176 e. The summed E-state index contributed by atoms with van der Waals surface area (Å²) >= 11 is 1.67. The third-order valence-electron chi connectivity index (χ3n) is 4.38. The second kappa shape index (κ2) is 4.78. The third kappa shape index (κ3) is 2.14. The number of hydrogen-bond donors (Lipinski definition) is 0. The lowest BCUT2D eigenvalue weighted by Crippen LogP contribution is -2.46. The van der Waals surface area contributed by atoms with E-state index in [1.54, 1.807) is 11.3 Å². The summed E-state index contributed by atoms with van der Waals surface area (Å²) in [5.41, 5.74) is 0.0728. The molecule has 0 bridgehead atoms. The van der Waals surface area contributed by atoms with Gasteiger partial charge in [0.2, 0.25) is 0 Å². The van der Waals surface area contributed by atoms with Crippen molar-refractivity contribution in [2.75, 3.05) is 6.61 Å². The van der Waals surface area contributed by atoms with Crippen LogP contribution in [0.15, 0.2) is 12.1 Å². The number of hydrogen-bond acceptors (Lipinski definition) is 3. The fourth-order valence-electron chi connectivity index (χ4n) is 3.07. The average Bonchev–Trinajstić information content (AvgIpc) is 2.85. The number of carbonyl (C=O) groups is 1. The maximum atomic E-state index is 12.5. The van der Waals surface area contributed by atoms with Gasteiger partial charge in [0.25, 0.3) is 0 Å². The molecule has 3 heteroatoms. The van der Waals surface area contributed by atoms with Gasteiger partial charge in [0.15, 0.2) is 5.78 Å². The molecule has 3 rings (SSSR count). The Kier molecular flexibility index (Phi) is 3.29. The first-order chi connectivity index (χ1) is 8.72. The van der Waals surface area contributed by atoms with Gasteiger partial charge in [-0.3, -0.25) is 4.79 Å². The summed E-state index contributed by atoms with van der Waals surface area (Å²) in [7, 11) is 0. The number of ketones is 1. The zero-order valence-corrected chi connectivity index (χ0v) is 11.7. The van der Waals surface area contributed by atoms with E-state index in [-0.39, 0.29) is 11.5 Å². The molecule has 2 nitrogen and oxygen atoms in total. The third-order valence-corrected chi connectivity index (χ3v) is 5.63. The minimum Gasteiger partial charge on any atom is -0.375 e. The summed E-state index contributed by atoms with van der Waals surface area (Å²) < 4.78 is 5.90. The van der Waals surface area contributed by atoms with E-state index >= 15 is 0 Å². The summed E-state index contributed by atoms with van der Waals surface area (Å²) in [6.45, 7) is 2.90. The highest BCUT2D eigenvalue weighted by molar-refractivity contribution is 7.14. The SMILES string of the molecule is CCc1ccc(C(=O)C2CCOC3(CCC3)C2)s1. The number of carbonyl (C=O) groups excluding carboxylic acids is 1. The molecular weight excluding hydrogens is 244 g/mol. The molecule has 1 atom stereocenters. The van der Waals surface area contributed by atoms with E-state index in [9.17, 15) is 4.79 Å². The van der Waals surface area contributed by atoms with Crippen molar-refractivity contribution in [3.8, 4) is 0 Å². The molecule has 0 amide bonds. The van der Waals surface area contributed by atoms with Crippen LogP contribution in [0, 0.1) is 5.92 Å². The van der Waals surface area contributed by atoms with Gasteiger partial charge in [0.05, 0.1) is 10.5 Å². The summed E-state index contributed by atoms with van der Waals surface area (Å²) in [6.07, 6.45) is 6.45. The second-order valence-corrected chi connectivity index (χ2v) is 6.73. The Morgan fingerprint density at radius 3 is 2.94 bits per heavy atom. The van der Waals surface area contributed by atoms with E-state index in [0.717, 1.165) is 43.6 Å². The molecule has 0 aromatic carbocycles. The fourth-order valence-corrected chi connectivity index (χ4v) is 4.04. The Morgan fingerprint density at radius 1 is 1.50 bits per heavy atom. The fraction of sp³-hybridized carbons (Fsp3) is 0.667. The largest absolute Gasteiger partial charge is 0.375 e. The normalized spacial score (nSPS) is 25.9. The number of aryl methyl sites for hydroxylation is 1. The van der Waals surface area contributed by atoms with Crippen molar-refractivity contribution >= 4 is 17.1 Å². The van der Waals surface area contributed by atoms with Crippen molar-refractivity contribution in [2.45, 2.75) is 51.0 Å². The van der Waals surface area contributed by atoms with Crippen molar-refractivity contribution in [1.29, 1.82) is 0 Å². The summed E-state index contributed by atoms with van der Waals surface area (Å²) in [6, 6.07) is 4.10. The molecule has 0 radical (unpaired) electrons. The van der Waals surface area contributed by atoms with Gasteiger partial charge in [-0.05, 0) is 50.7 Å². The second-order valence-electron chi connectivity index (χ2n) is 5.56. The zero-order chi connectivity index (χ0) is 12.6. The highest BCUT2D eigenvalue weighted by Crippen LogP contribution is 2.45. The topological polar surface area (TPSA) is 26.3 Å². The molecule has 1 aromatic heterocycles. The summed E-state index contributed by atoms with van der Waals surface area (Å²) in [4.78, 5) is 14.8. The van der Waals surface area contributed by atoms with Gasteiger partial charge in [-0.1, -0.05) is 6.92 Å². The predicted molar refractivity (Wildman–Crippen MR) is 73.3 cm³/mol. The minimum atomic E-state index is 0.0728. The number of Topliss-reactive ketones (excluding diaryl/α,β-unsaturated/α-hetero) is 1. The van der Waals surface area contributed by atoms with Crippen molar-refractivity contribution in [3.63, 3.8) is 0 Å². The lowest BCUT2D eigenvalue weighted by Gasteiger charge is -2.46. The molecule has 1 spiro atoms. The van der Waals surface area contributed by atoms with E-state index in [1.807, 2.05) is 6.07 Å². The Morgan fingerprint density at radius 2 is 2.33 bits per heavy atom. The van der Waals surface area contributed by atoms with Crippen molar-refractivity contribution < 1.29 is 9.53 Å². The van der Waals surface area contributed by atoms with Crippen LogP contribution in [-0.4, -0.2) is 18.0 Å². The first kappa shape index (κ1) is 12.4. The van der Waals surface area contributed by atoms with E-state index < -0.39 is 0 Å². The van der Waals surface area contributed by atoms with E-state index in [2.05, 4.69) is 13.0 Å². The molecule has 1 saturated carbocycles. The molecule has 1 unspecified atom stereocenters. The zero-order valence-electron chi connectivity index (χ0n) is 10.9. The first-order valence-corrected chi connectivity index (χ1v) is 7.81. The molecular formula is C15H20O2S. The summed E-state index contributed by atoms with van der Waals surface area (Å²) in [5, 5.41) is 0. The summed E-state index contributed by atoms with van der Waals surface area (Å²) in [5.74, 6) is 0.552. The van der Waals surface area contributed by atoms with Crippen LogP contribution in [0.1, 0.15) is 53.6 Å². The molecule has 0 N–H and O–H groups in total. The van der Waals surface area contributed by atoms with Crippen LogP contribution in [0.3, 0.4) is 0 Å². The van der Waals surface area contributed by atoms with Gasteiger partial charge >= 0.3 is 0 Å². The van der Waals surface area contributed by atoms with Crippen LogP contribution in [0.25, 0.3) is 0 Å². The first-order valence-electron chi connectivity index (χ1n) is 6.99. The van der Waals surface area contributed by atoms with Crippen LogP contribution < -0.4 is 0 Å². The number of rotatable bonds is 3. The van der Waals surface area contributed by atoms with E-state index in [1.165, 1.54) is 11.3 Å². The lowest BCUT2D eigenvalue weighted by atomic mass is 9.71. The highest BCUT2D eigenvalue weighted by atomic mass is 32.1. The Hall–Kier alpha value is -0.670. The van der Waals surface area contributed by atoms with Crippen molar-refractivity contribution in [2.24, 2.45) is 5.92 Å². The highest BCUT2D eigenvalue weighted by Gasteiger charge is 2.44. The smallest absolute Gasteiger partial charge is 0.176 e. The molecule has 18 heavy (non-hydrogen) atoms. The molecule has 98 valence electrons. The lowest BCUT2D eigenvalue weighted by molar-refractivity contribution is -0.137. The van der Waals surface area contributed by atoms with Crippen LogP contribution >= 0.6 is 11.3 Å². The van der Waals surface area contributed by atoms with Gasteiger partial charge in [-0.2, -0.15) is 0 Å². The standard InChI is InChI=1S/C15H20O2S/c1-2-12-4-5-13(18-12)14(16)11-6-9-17-15(10-11)7-3-8-15/h4-5,11H,2-3,6-10H2,1H3. The van der Waals surface area contributed by atoms with Crippen LogP contribution in [0.2, 0.25) is 0 Å². The van der Waals surface area contributed by atoms with Gasteiger partial charge in [0.1, 0.15) is 0 Å². The molecule has 2 fully saturated rings. The average molecular weight is 264 g/mol. The molecule has 1 aromatic rings. The van der Waals surface area contributed by atoms with Crippen LogP contribution in [-0.2, 0) is 11.2 Å². The van der Waals surface area contributed by atoms with Gasteiger partial charge < -0.3 is 4.74 Å². The molecule has 1 saturated heterocycles. The Balaban J connectivity index is 1.71. The Labute approximate surface area is 112 Å². The van der Waals surface area contributed by atoms with E-state index in [4.69, 9.17) is 4.74 Å². The van der Waals surface area contributed by atoms with Crippen molar-refractivity contribution in [1.82, 2.24) is 0 Å². The van der Waals surface area contributed by atoms with Crippen LogP contribution in [0.4, 0.5) is 0 Å².